The molecule has 0 saturated heterocycles. The zero-order valence-electron chi connectivity index (χ0n) is 14.1. The molecule has 0 unspecified atom stereocenters. The fraction of sp³-hybridized carbons (Fsp3) is 0.278. The zero-order valence-corrected chi connectivity index (χ0v) is 14.9. The number of benzene rings is 2. The maximum Gasteiger partial charge on any atom is 0.238 e. The molecule has 0 aromatic heterocycles. The molecule has 3 N–H and O–H groups in total. The molecule has 0 aliphatic carbocycles. The van der Waals surface area contributed by atoms with Gasteiger partial charge in [-0.25, -0.2) is 13.6 Å². The molecule has 0 radical (unpaired) electrons. The van der Waals surface area contributed by atoms with E-state index < -0.39 is 10.0 Å². The maximum atomic E-state index is 11.9. The lowest BCUT2D eigenvalue weighted by molar-refractivity contribution is -0.121. The molecule has 134 valence electrons. The Balaban J connectivity index is 1.78. The quantitative estimate of drug-likeness (QED) is 0.747. The van der Waals surface area contributed by atoms with Gasteiger partial charge in [0, 0.05) is 20.1 Å². The molecule has 0 atom stereocenters. The summed E-state index contributed by atoms with van der Waals surface area (Å²) < 4.78 is 27.4. The molecule has 0 aliphatic rings. The predicted octanol–water partition coefficient (Wildman–Crippen LogP) is 1.73. The van der Waals surface area contributed by atoms with Crippen molar-refractivity contribution in [1.82, 2.24) is 5.32 Å². The molecule has 0 bridgehead atoms. The van der Waals surface area contributed by atoms with Gasteiger partial charge >= 0.3 is 0 Å². The highest BCUT2D eigenvalue weighted by Gasteiger charge is 2.08. The highest BCUT2D eigenvalue weighted by atomic mass is 32.2. The van der Waals surface area contributed by atoms with Crippen LogP contribution in [-0.2, 0) is 39.1 Å². The van der Waals surface area contributed by atoms with E-state index in [1.807, 2.05) is 24.3 Å². The zero-order chi connectivity index (χ0) is 18.3. The van der Waals surface area contributed by atoms with Crippen LogP contribution in [0.5, 0.6) is 0 Å². The van der Waals surface area contributed by atoms with Crippen LogP contribution in [0.1, 0.15) is 23.1 Å². The van der Waals surface area contributed by atoms with Gasteiger partial charge in [0.15, 0.2) is 0 Å². The van der Waals surface area contributed by atoms with Crippen LogP contribution in [0, 0.1) is 0 Å². The van der Waals surface area contributed by atoms with Crippen LogP contribution in [-0.4, -0.2) is 21.4 Å². The number of ether oxygens (including phenoxy) is 1. The van der Waals surface area contributed by atoms with Crippen LogP contribution in [0.3, 0.4) is 0 Å². The predicted molar refractivity (Wildman–Crippen MR) is 95.1 cm³/mol. The van der Waals surface area contributed by atoms with Gasteiger partial charge in [0.25, 0.3) is 0 Å². The van der Waals surface area contributed by atoms with E-state index >= 15 is 0 Å². The van der Waals surface area contributed by atoms with Crippen LogP contribution in [0.4, 0.5) is 0 Å². The number of methoxy groups -OCH3 is 1. The monoisotopic (exact) mass is 362 g/mol. The van der Waals surface area contributed by atoms with Gasteiger partial charge in [-0.2, -0.15) is 0 Å². The third kappa shape index (κ3) is 6.30. The Morgan fingerprint density at radius 1 is 1.00 bits per heavy atom. The lowest BCUT2D eigenvalue weighted by atomic mass is 10.1. The lowest BCUT2D eigenvalue weighted by Gasteiger charge is -2.07. The minimum absolute atomic E-state index is 0.0588. The van der Waals surface area contributed by atoms with E-state index in [2.05, 4.69) is 5.32 Å². The van der Waals surface area contributed by atoms with Crippen LogP contribution in [0.25, 0.3) is 0 Å². The summed E-state index contributed by atoms with van der Waals surface area (Å²) in [6.45, 7) is 1.04. The van der Waals surface area contributed by atoms with Crippen molar-refractivity contribution in [2.45, 2.75) is 30.9 Å². The van der Waals surface area contributed by atoms with Crippen molar-refractivity contribution >= 4 is 15.9 Å². The summed E-state index contributed by atoms with van der Waals surface area (Å²) >= 11 is 0. The van der Waals surface area contributed by atoms with Gasteiger partial charge in [-0.3, -0.25) is 4.79 Å². The van der Waals surface area contributed by atoms with E-state index in [-0.39, 0.29) is 10.8 Å². The number of nitrogens with one attached hydrogen (secondary N) is 1. The third-order valence-corrected chi connectivity index (χ3v) is 4.65. The second kappa shape index (κ2) is 8.75. The van der Waals surface area contributed by atoms with Crippen molar-refractivity contribution in [1.29, 1.82) is 0 Å². The Labute approximate surface area is 148 Å². The van der Waals surface area contributed by atoms with E-state index in [4.69, 9.17) is 9.88 Å². The summed E-state index contributed by atoms with van der Waals surface area (Å²) in [4.78, 5) is 12.0. The van der Waals surface area contributed by atoms with Crippen molar-refractivity contribution in [3.63, 3.8) is 0 Å². The van der Waals surface area contributed by atoms with Gasteiger partial charge in [-0.15, -0.1) is 0 Å². The number of primary sulfonamides is 1. The highest BCUT2D eigenvalue weighted by molar-refractivity contribution is 7.89. The van der Waals surface area contributed by atoms with Crippen molar-refractivity contribution in [2.24, 2.45) is 5.14 Å². The van der Waals surface area contributed by atoms with Crippen LogP contribution >= 0.6 is 0 Å². The molecule has 2 aromatic carbocycles. The van der Waals surface area contributed by atoms with E-state index in [1.54, 1.807) is 19.2 Å². The molecule has 0 fully saturated rings. The van der Waals surface area contributed by atoms with Crippen molar-refractivity contribution in [3.8, 4) is 0 Å². The third-order valence-electron chi connectivity index (χ3n) is 3.72. The Morgan fingerprint density at radius 3 is 2.12 bits per heavy atom. The van der Waals surface area contributed by atoms with Crippen molar-refractivity contribution in [3.05, 3.63) is 65.2 Å². The molecule has 0 saturated carbocycles. The number of aryl methyl sites for hydroxylation is 1. The van der Waals surface area contributed by atoms with Crippen molar-refractivity contribution < 1.29 is 17.9 Å². The van der Waals surface area contributed by atoms with Gasteiger partial charge in [0.05, 0.1) is 11.5 Å². The number of sulfonamides is 1. The molecular weight excluding hydrogens is 340 g/mol. The number of carbonyl (C=O) groups excluding carboxylic acids is 1. The number of rotatable bonds is 8. The molecule has 6 nitrogen and oxygen atoms in total. The van der Waals surface area contributed by atoms with Crippen LogP contribution < -0.4 is 10.5 Å². The molecule has 0 heterocycles. The first-order valence-electron chi connectivity index (χ1n) is 7.83. The maximum absolute atomic E-state index is 11.9. The molecule has 25 heavy (non-hydrogen) atoms. The van der Waals surface area contributed by atoms with Crippen molar-refractivity contribution in [2.75, 3.05) is 7.11 Å². The summed E-state index contributed by atoms with van der Waals surface area (Å²) in [7, 11) is -2.03. The lowest BCUT2D eigenvalue weighted by Crippen LogP contribution is -2.23. The standard InChI is InChI=1S/C18H22N2O4S/c1-24-13-16-4-2-15(3-5-16)12-20-18(21)11-8-14-6-9-17(10-7-14)25(19,22)23/h2-7,9-10H,8,11-13H2,1H3,(H,20,21)(H2,19,22,23). The Bertz CT molecular complexity index is 800. The smallest absolute Gasteiger partial charge is 0.238 e. The average molecular weight is 362 g/mol. The van der Waals surface area contributed by atoms with Gasteiger partial charge in [-0.05, 0) is 35.2 Å². The van der Waals surface area contributed by atoms with Gasteiger partial charge in [0.2, 0.25) is 15.9 Å². The summed E-state index contributed by atoms with van der Waals surface area (Å²) in [5.41, 5.74) is 2.98. The van der Waals surface area contributed by atoms with E-state index in [0.29, 0.717) is 26.0 Å². The summed E-state index contributed by atoms with van der Waals surface area (Å²) in [6, 6.07) is 14.1. The summed E-state index contributed by atoms with van der Waals surface area (Å²) in [6.07, 6.45) is 0.861. The molecular formula is C18H22N2O4S. The van der Waals surface area contributed by atoms with Crippen LogP contribution in [0.2, 0.25) is 0 Å². The number of nitrogens with two attached hydrogens (primary N) is 1. The Hall–Kier alpha value is -2.22. The van der Waals surface area contributed by atoms with E-state index in [9.17, 15) is 13.2 Å². The second-order valence-corrected chi connectivity index (χ2v) is 7.28. The van der Waals surface area contributed by atoms with E-state index in [0.717, 1.165) is 16.7 Å². The molecule has 7 heteroatoms. The van der Waals surface area contributed by atoms with E-state index in [1.165, 1.54) is 12.1 Å². The summed E-state index contributed by atoms with van der Waals surface area (Å²) in [5, 5.41) is 7.92. The minimum Gasteiger partial charge on any atom is -0.380 e. The number of hydrogen-bond acceptors (Lipinski definition) is 4. The van der Waals surface area contributed by atoms with Gasteiger partial charge < -0.3 is 10.1 Å². The summed E-state index contributed by atoms with van der Waals surface area (Å²) in [5.74, 6) is -0.0588. The van der Waals surface area contributed by atoms with Gasteiger partial charge in [-0.1, -0.05) is 36.4 Å². The first kappa shape index (κ1) is 19.1. The first-order valence-corrected chi connectivity index (χ1v) is 9.38. The molecule has 0 spiro atoms. The fourth-order valence-electron chi connectivity index (χ4n) is 2.31. The molecule has 1 amide bonds. The minimum atomic E-state index is -3.68. The Kier molecular flexibility index (Phi) is 6.69. The average Bonchev–Trinajstić information content (AvgIpc) is 2.59. The molecule has 0 aliphatic heterocycles. The molecule has 2 rings (SSSR count). The van der Waals surface area contributed by atoms with Crippen LogP contribution in [0.15, 0.2) is 53.4 Å². The SMILES string of the molecule is COCc1ccc(CNC(=O)CCc2ccc(S(N)(=O)=O)cc2)cc1. The number of amides is 1. The Morgan fingerprint density at radius 2 is 1.56 bits per heavy atom. The topological polar surface area (TPSA) is 98.5 Å². The normalized spacial score (nSPS) is 11.3. The van der Waals surface area contributed by atoms with Gasteiger partial charge in [0.1, 0.15) is 0 Å². The molecule has 2 aromatic rings. The second-order valence-electron chi connectivity index (χ2n) is 5.72. The number of hydrogen-bond donors (Lipinski definition) is 2. The first-order chi connectivity index (χ1) is 11.9. The highest BCUT2D eigenvalue weighted by Crippen LogP contribution is 2.10. The fourth-order valence-corrected chi connectivity index (χ4v) is 2.83. The number of carbonyl (C=O) groups is 1. The largest absolute Gasteiger partial charge is 0.380 e.